The number of hydrogen-bond donors (Lipinski definition) is 0. The average molecular weight is 463 g/mol. The van der Waals surface area contributed by atoms with Crippen LogP contribution in [0.15, 0.2) is 54.7 Å². The van der Waals surface area contributed by atoms with Crippen molar-refractivity contribution in [1.29, 1.82) is 0 Å². The van der Waals surface area contributed by atoms with E-state index in [4.69, 9.17) is 9.47 Å². The first-order valence-corrected chi connectivity index (χ1v) is 9.08. The summed E-state index contributed by atoms with van der Waals surface area (Å²) in [5.41, 5.74) is 0.944. The molecule has 0 aliphatic carbocycles. The zero-order valence-electron chi connectivity index (χ0n) is 14.6. The SMILES string of the molecule is CC(C)(C)OC(=O)Oc1cc(-c2cccc(I)c2)nn1-c1ccccn1. The van der Waals surface area contributed by atoms with E-state index in [0.717, 1.165) is 9.13 Å². The maximum Gasteiger partial charge on any atom is 0.515 e. The fourth-order valence-corrected chi connectivity index (χ4v) is 2.77. The van der Waals surface area contributed by atoms with E-state index in [-0.39, 0.29) is 5.88 Å². The molecule has 26 heavy (non-hydrogen) atoms. The molecule has 0 saturated carbocycles. The van der Waals surface area contributed by atoms with Gasteiger partial charge < -0.3 is 9.47 Å². The summed E-state index contributed by atoms with van der Waals surface area (Å²) in [6.45, 7) is 5.34. The number of carbonyl (C=O) groups is 1. The summed E-state index contributed by atoms with van der Waals surface area (Å²) in [5, 5.41) is 4.56. The normalized spacial score (nSPS) is 11.2. The molecule has 0 spiro atoms. The third-order valence-corrected chi connectivity index (χ3v) is 3.91. The van der Waals surface area contributed by atoms with Crippen LogP contribution >= 0.6 is 22.6 Å². The summed E-state index contributed by atoms with van der Waals surface area (Å²) in [6, 6.07) is 15.0. The highest BCUT2D eigenvalue weighted by molar-refractivity contribution is 14.1. The number of halogens is 1. The van der Waals surface area contributed by atoms with Gasteiger partial charge >= 0.3 is 6.16 Å². The number of aromatic nitrogens is 3. The molecule has 0 amide bonds. The fraction of sp³-hybridized carbons (Fsp3) is 0.211. The van der Waals surface area contributed by atoms with Crippen molar-refractivity contribution in [3.05, 3.63) is 58.3 Å². The van der Waals surface area contributed by atoms with Gasteiger partial charge in [-0.3, -0.25) is 0 Å². The van der Waals surface area contributed by atoms with Crippen molar-refractivity contribution >= 4 is 28.7 Å². The molecule has 0 fully saturated rings. The van der Waals surface area contributed by atoms with Crippen LogP contribution in [0.5, 0.6) is 5.88 Å². The number of benzene rings is 1. The van der Waals surface area contributed by atoms with E-state index in [2.05, 4.69) is 32.7 Å². The summed E-state index contributed by atoms with van der Waals surface area (Å²) in [7, 11) is 0. The molecule has 0 unspecified atom stereocenters. The monoisotopic (exact) mass is 463 g/mol. The zero-order chi connectivity index (χ0) is 18.7. The van der Waals surface area contributed by atoms with E-state index in [1.807, 2.05) is 36.4 Å². The smallest absolute Gasteiger partial charge is 0.428 e. The van der Waals surface area contributed by atoms with Gasteiger partial charge in [-0.2, -0.15) is 9.78 Å². The predicted molar refractivity (Wildman–Crippen MR) is 106 cm³/mol. The third-order valence-electron chi connectivity index (χ3n) is 3.24. The molecule has 1 aromatic carbocycles. The molecule has 3 aromatic rings. The van der Waals surface area contributed by atoms with Gasteiger partial charge in [0, 0.05) is 21.4 Å². The Morgan fingerprint density at radius 1 is 1.12 bits per heavy atom. The van der Waals surface area contributed by atoms with Crippen LogP contribution in [-0.4, -0.2) is 26.5 Å². The largest absolute Gasteiger partial charge is 0.515 e. The van der Waals surface area contributed by atoms with Gasteiger partial charge in [-0.1, -0.05) is 18.2 Å². The van der Waals surface area contributed by atoms with E-state index in [0.29, 0.717) is 11.5 Å². The molecule has 134 valence electrons. The van der Waals surface area contributed by atoms with Gasteiger partial charge in [0.05, 0.1) is 5.69 Å². The lowest BCUT2D eigenvalue weighted by atomic mass is 10.2. The van der Waals surface area contributed by atoms with Gasteiger partial charge in [-0.15, -0.1) is 0 Å². The minimum atomic E-state index is -0.788. The van der Waals surface area contributed by atoms with Gasteiger partial charge in [0.15, 0.2) is 5.82 Å². The second-order valence-electron chi connectivity index (χ2n) is 6.54. The van der Waals surface area contributed by atoms with E-state index >= 15 is 0 Å². The minimum absolute atomic E-state index is 0.242. The van der Waals surface area contributed by atoms with Crippen LogP contribution in [0.25, 0.3) is 17.1 Å². The van der Waals surface area contributed by atoms with Crippen molar-refractivity contribution < 1.29 is 14.3 Å². The van der Waals surface area contributed by atoms with Crippen LogP contribution in [-0.2, 0) is 4.74 Å². The van der Waals surface area contributed by atoms with Crippen LogP contribution in [0.2, 0.25) is 0 Å². The lowest BCUT2D eigenvalue weighted by Gasteiger charge is -2.18. The van der Waals surface area contributed by atoms with Crippen LogP contribution in [0.4, 0.5) is 4.79 Å². The summed E-state index contributed by atoms with van der Waals surface area (Å²) in [5.74, 6) is 0.787. The molecule has 0 aliphatic rings. The quantitative estimate of drug-likeness (QED) is 0.411. The summed E-state index contributed by atoms with van der Waals surface area (Å²) in [4.78, 5) is 16.4. The number of rotatable bonds is 3. The summed E-state index contributed by atoms with van der Waals surface area (Å²) < 4.78 is 13.2. The maximum atomic E-state index is 12.1. The molecule has 0 radical (unpaired) electrons. The molecule has 2 heterocycles. The molecule has 2 aromatic heterocycles. The van der Waals surface area contributed by atoms with E-state index in [1.165, 1.54) is 4.68 Å². The molecule has 7 heteroatoms. The van der Waals surface area contributed by atoms with Gasteiger partial charge in [-0.25, -0.2) is 9.78 Å². The van der Waals surface area contributed by atoms with Crippen LogP contribution < -0.4 is 4.74 Å². The van der Waals surface area contributed by atoms with Crippen molar-refractivity contribution in [2.24, 2.45) is 0 Å². The first-order valence-electron chi connectivity index (χ1n) is 8.00. The van der Waals surface area contributed by atoms with Gasteiger partial charge in [-0.05, 0) is 67.6 Å². The second-order valence-corrected chi connectivity index (χ2v) is 7.79. The van der Waals surface area contributed by atoms with Crippen LogP contribution in [0.1, 0.15) is 20.8 Å². The van der Waals surface area contributed by atoms with Gasteiger partial charge in [0.1, 0.15) is 5.60 Å². The number of hydrogen-bond acceptors (Lipinski definition) is 5. The Labute approximate surface area is 165 Å². The van der Waals surface area contributed by atoms with Crippen LogP contribution in [0, 0.1) is 3.57 Å². The molecule has 3 rings (SSSR count). The Bertz CT molecular complexity index is 917. The second kappa shape index (κ2) is 7.45. The van der Waals surface area contributed by atoms with E-state index in [9.17, 15) is 4.79 Å². The van der Waals surface area contributed by atoms with Gasteiger partial charge in [0.25, 0.3) is 0 Å². The lowest BCUT2D eigenvalue weighted by Crippen LogP contribution is -2.26. The molecule has 0 atom stereocenters. The molecular formula is C19H18IN3O3. The molecule has 0 aliphatic heterocycles. The Kier molecular flexibility index (Phi) is 5.26. The molecule has 6 nitrogen and oxygen atoms in total. The number of carbonyl (C=O) groups excluding carboxylic acids is 1. The maximum absolute atomic E-state index is 12.1. The molecular weight excluding hydrogens is 445 g/mol. The third kappa shape index (κ3) is 4.60. The number of ether oxygens (including phenoxy) is 2. The first kappa shape index (κ1) is 18.4. The topological polar surface area (TPSA) is 66.2 Å². The highest BCUT2D eigenvalue weighted by Gasteiger charge is 2.21. The fourth-order valence-electron chi connectivity index (χ4n) is 2.22. The molecule has 0 saturated heterocycles. The minimum Gasteiger partial charge on any atom is -0.428 e. The van der Waals surface area contributed by atoms with Crippen molar-refractivity contribution in [3.8, 4) is 23.0 Å². The van der Waals surface area contributed by atoms with Crippen molar-refractivity contribution in [1.82, 2.24) is 14.8 Å². The van der Waals surface area contributed by atoms with E-state index in [1.54, 1.807) is 39.1 Å². The Balaban J connectivity index is 2.00. The van der Waals surface area contributed by atoms with Crippen molar-refractivity contribution in [2.45, 2.75) is 26.4 Å². The summed E-state index contributed by atoms with van der Waals surface area (Å²) >= 11 is 2.24. The zero-order valence-corrected chi connectivity index (χ0v) is 16.8. The van der Waals surface area contributed by atoms with E-state index < -0.39 is 11.8 Å². The lowest BCUT2D eigenvalue weighted by molar-refractivity contribution is 0.0192. The van der Waals surface area contributed by atoms with Crippen LogP contribution in [0.3, 0.4) is 0 Å². The first-order chi connectivity index (χ1) is 12.3. The highest BCUT2D eigenvalue weighted by atomic mass is 127. The Hall–Kier alpha value is -2.42. The van der Waals surface area contributed by atoms with Gasteiger partial charge in [0.2, 0.25) is 5.88 Å². The Morgan fingerprint density at radius 2 is 1.92 bits per heavy atom. The predicted octanol–water partition coefficient (Wildman–Crippen LogP) is 4.85. The number of pyridine rings is 1. The Morgan fingerprint density at radius 3 is 2.58 bits per heavy atom. The van der Waals surface area contributed by atoms with Crippen molar-refractivity contribution in [3.63, 3.8) is 0 Å². The standard InChI is InChI=1S/C19H18IN3O3/c1-19(2,3)26-18(24)25-17-12-15(13-7-6-8-14(20)11-13)22-23(17)16-9-4-5-10-21-16/h4-12H,1-3H3. The van der Waals surface area contributed by atoms with Crippen molar-refractivity contribution in [2.75, 3.05) is 0 Å². The number of nitrogens with zero attached hydrogens (tertiary/aromatic N) is 3. The molecule has 0 bridgehead atoms. The highest BCUT2D eigenvalue weighted by Crippen LogP contribution is 2.27. The average Bonchev–Trinajstić information content (AvgIpc) is 2.97. The summed E-state index contributed by atoms with van der Waals surface area (Å²) in [6.07, 6.45) is 0.864. The molecule has 0 N–H and O–H groups in total.